The zero-order valence-corrected chi connectivity index (χ0v) is 10.5. The number of anilines is 1. The van der Waals surface area contributed by atoms with Crippen molar-refractivity contribution in [3.63, 3.8) is 0 Å². The van der Waals surface area contributed by atoms with Crippen LogP contribution in [0.2, 0.25) is 0 Å². The maximum absolute atomic E-state index is 11.9. The molecule has 7 nitrogen and oxygen atoms in total. The summed E-state index contributed by atoms with van der Waals surface area (Å²) in [4.78, 5) is 19.8. The predicted molar refractivity (Wildman–Crippen MR) is 69.2 cm³/mol. The van der Waals surface area contributed by atoms with E-state index in [0.717, 1.165) is 5.76 Å². The fourth-order valence-electron chi connectivity index (χ4n) is 1.60. The van der Waals surface area contributed by atoms with Gasteiger partial charge in [-0.05, 0) is 19.1 Å². The van der Waals surface area contributed by atoms with Crippen LogP contribution in [0.25, 0.3) is 0 Å². The Kier molecular flexibility index (Phi) is 4.09. The molecule has 2 rings (SSSR count). The third-order valence-electron chi connectivity index (χ3n) is 2.50. The van der Waals surface area contributed by atoms with E-state index in [-0.39, 0.29) is 17.6 Å². The van der Waals surface area contributed by atoms with Crippen LogP contribution in [-0.2, 0) is 6.42 Å². The lowest BCUT2D eigenvalue weighted by Crippen LogP contribution is -2.34. The zero-order chi connectivity index (χ0) is 13.7. The summed E-state index contributed by atoms with van der Waals surface area (Å²) < 4.78 is 5.22. The Morgan fingerprint density at radius 3 is 2.89 bits per heavy atom. The normalized spacial score (nSPS) is 11.9. The highest BCUT2D eigenvalue weighted by atomic mass is 16.3. The van der Waals surface area contributed by atoms with Crippen LogP contribution in [0.3, 0.4) is 0 Å². The Labute approximate surface area is 110 Å². The summed E-state index contributed by atoms with van der Waals surface area (Å²) in [5.74, 6) is 6.11. The lowest BCUT2D eigenvalue weighted by atomic mass is 10.2. The molecule has 2 aromatic heterocycles. The van der Waals surface area contributed by atoms with E-state index >= 15 is 0 Å². The Morgan fingerprint density at radius 2 is 2.32 bits per heavy atom. The highest BCUT2D eigenvalue weighted by molar-refractivity contribution is 5.92. The molecular formula is C12H15N5O2. The minimum absolute atomic E-state index is 0.0623. The summed E-state index contributed by atoms with van der Waals surface area (Å²) in [5, 5.41) is 2.82. The van der Waals surface area contributed by atoms with E-state index in [2.05, 4.69) is 20.7 Å². The summed E-state index contributed by atoms with van der Waals surface area (Å²) >= 11 is 0. The van der Waals surface area contributed by atoms with E-state index in [0.29, 0.717) is 12.2 Å². The molecule has 1 amide bonds. The van der Waals surface area contributed by atoms with E-state index in [1.807, 2.05) is 19.1 Å². The third kappa shape index (κ3) is 3.52. The summed E-state index contributed by atoms with van der Waals surface area (Å²) in [7, 11) is 0. The molecule has 1 unspecified atom stereocenters. The van der Waals surface area contributed by atoms with Crippen molar-refractivity contribution in [2.75, 3.05) is 5.43 Å². The lowest BCUT2D eigenvalue weighted by Gasteiger charge is -2.12. The molecule has 0 aliphatic carbocycles. The number of furan rings is 1. The number of rotatable bonds is 5. The van der Waals surface area contributed by atoms with Gasteiger partial charge in [0.15, 0.2) is 5.82 Å². The summed E-state index contributed by atoms with van der Waals surface area (Å²) in [6.07, 6.45) is 4.98. The molecule has 1 atom stereocenters. The fourth-order valence-corrected chi connectivity index (χ4v) is 1.60. The van der Waals surface area contributed by atoms with Gasteiger partial charge in [-0.25, -0.2) is 15.8 Å². The van der Waals surface area contributed by atoms with Crippen LogP contribution >= 0.6 is 0 Å². The number of nitrogen functional groups attached to an aromatic ring is 1. The van der Waals surface area contributed by atoms with E-state index in [1.165, 1.54) is 12.4 Å². The number of hydrogen-bond acceptors (Lipinski definition) is 6. The molecule has 0 fully saturated rings. The van der Waals surface area contributed by atoms with Crippen LogP contribution in [0.1, 0.15) is 23.2 Å². The van der Waals surface area contributed by atoms with E-state index in [4.69, 9.17) is 10.3 Å². The highest BCUT2D eigenvalue weighted by Crippen LogP contribution is 2.05. The first-order chi connectivity index (χ1) is 9.19. The Balaban J connectivity index is 1.92. The van der Waals surface area contributed by atoms with E-state index < -0.39 is 0 Å². The second-order valence-electron chi connectivity index (χ2n) is 4.09. The number of nitrogens with one attached hydrogen (secondary N) is 2. The second-order valence-corrected chi connectivity index (χ2v) is 4.09. The molecule has 0 aliphatic rings. The molecule has 0 saturated carbocycles. The molecule has 4 N–H and O–H groups in total. The second kappa shape index (κ2) is 5.96. The number of carbonyl (C=O) groups excluding carboxylic acids is 1. The number of aromatic nitrogens is 2. The molecule has 19 heavy (non-hydrogen) atoms. The van der Waals surface area contributed by atoms with E-state index in [1.54, 1.807) is 6.26 Å². The van der Waals surface area contributed by atoms with Crippen molar-refractivity contribution < 1.29 is 9.21 Å². The molecule has 100 valence electrons. The van der Waals surface area contributed by atoms with Gasteiger partial charge in [0, 0.05) is 12.5 Å². The van der Waals surface area contributed by atoms with Crippen molar-refractivity contribution in [3.05, 3.63) is 42.2 Å². The van der Waals surface area contributed by atoms with Gasteiger partial charge in [-0.15, -0.1) is 0 Å². The van der Waals surface area contributed by atoms with Crippen molar-refractivity contribution in [1.29, 1.82) is 0 Å². The molecular weight excluding hydrogens is 246 g/mol. The van der Waals surface area contributed by atoms with Gasteiger partial charge < -0.3 is 15.2 Å². The molecule has 0 spiro atoms. The molecule has 2 heterocycles. The lowest BCUT2D eigenvalue weighted by molar-refractivity contribution is 0.0934. The van der Waals surface area contributed by atoms with Gasteiger partial charge in [-0.3, -0.25) is 4.79 Å². The van der Waals surface area contributed by atoms with Gasteiger partial charge in [0.1, 0.15) is 11.5 Å². The van der Waals surface area contributed by atoms with Gasteiger partial charge in [0.2, 0.25) is 0 Å². The van der Waals surface area contributed by atoms with Crippen molar-refractivity contribution in [1.82, 2.24) is 15.3 Å². The topological polar surface area (TPSA) is 106 Å². The standard InChI is InChI=1S/C12H15N5O2/c1-8(5-9-3-2-4-19-9)16-12(18)10-6-15-11(17-13)7-14-10/h2-4,6-8H,5,13H2,1H3,(H,15,17)(H,16,18). The molecule has 0 aliphatic heterocycles. The SMILES string of the molecule is CC(Cc1ccco1)NC(=O)c1cnc(NN)cn1. The third-order valence-corrected chi connectivity index (χ3v) is 2.50. The first kappa shape index (κ1) is 13.0. The summed E-state index contributed by atoms with van der Waals surface area (Å²) in [5.41, 5.74) is 2.59. The van der Waals surface area contributed by atoms with Crippen LogP contribution in [0.5, 0.6) is 0 Å². The van der Waals surface area contributed by atoms with Crippen molar-refractivity contribution >= 4 is 11.7 Å². The van der Waals surface area contributed by atoms with Crippen molar-refractivity contribution in [3.8, 4) is 0 Å². The smallest absolute Gasteiger partial charge is 0.271 e. The zero-order valence-electron chi connectivity index (χ0n) is 10.5. The summed E-state index contributed by atoms with van der Waals surface area (Å²) in [6.45, 7) is 1.89. The maximum atomic E-state index is 11.9. The highest BCUT2D eigenvalue weighted by Gasteiger charge is 2.12. The predicted octanol–water partition coefficient (Wildman–Crippen LogP) is 0.716. The van der Waals surface area contributed by atoms with Gasteiger partial charge in [-0.1, -0.05) is 0 Å². The molecule has 2 aromatic rings. The number of amides is 1. The Hall–Kier alpha value is -2.41. The van der Waals surface area contributed by atoms with Gasteiger partial charge in [0.05, 0.1) is 18.7 Å². The number of hydrazine groups is 1. The number of nitrogens with zero attached hydrogens (tertiary/aromatic N) is 2. The quantitative estimate of drug-likeness (QED) is 0.541. The van der Waals surface area contributed by atoms with Crippen LogP contribution < -0.4 is 16.6 Å². The van der Waals surface area contributed by atoms with Crippen molar-refractivity contribution in [2.24, 2.45) is 5.84 Å². The number of hydrogen-bond donors (Lipinski definition) is 3. The Morgan fingerprint density at radius 1 is 1.47 bits per heavy atom. The number of carbonyl (C=O) groups is 1. The molecule has 0 saturated heterocycles. The fraction of sp³-hybridized carbons (Fsp3) is 0.250. The minimum atomic E-state index is -0.282. The van der Waals surface area contributed by atoms with Gasteiger partial charge >= 0.3 is 0 Å². The van der Waals surface area contributed by atoms with Crippen LogP contribution in [-0.4, -0.2) is 21.9 Å². The summed E-state index contributed by atoms with van der Waals surface area (Å²) in [6, 6.07) is 3.62. The Bertz CT molecular complexity index is 524. The van der Waals surface area contributed by atoms with E-state index in [9.17, 15) is 4.79 Å². The van der Waals surface area contributed by atoms with Crippen molar-refractivity contribution in [2.45, 2.75) is 19.4 Å². The largest absolute Gasteiger partial charge is 0.469 e. The van der Waals surface area contributed by atoms with Crippen LogP contribution in [0.4, 0.5) is 5.82 Å². The molecule has 0 aromatic carbocycles. The van der Waals surface area contributed by atoms with Gasteiger partial charge in [0.25, 0.3) is 5.91 Å². The van der Waals surface area contributed by atoms with Crippen LogP contribution in [0, 0.1) is 0 Å². The first-order valence-corrected chi connectivity index (χ1v) is 5.81. The first-order valence-electron chi connectivity index (χ1n) is 5.81. The van der Waals surface area contributed by atoms with Gasteiger partial charge in [-0.2, -0.15) is 0 Å². The molecule has 0 bridgehead atoms. The van der Waals surface area contributed by atoms with Crippen LogP contribution in [0.15, 0.2) is 35.2 Å². The minimum Gasteiger partial charge on any atom is -0.469 e. The molecule has 0 radical (unpaired) electrons. The molecule has 7 heteroatoms. The average Bonchev–Trinajstić information content (AvgIpc) is 2.91. The number of nitrogens with two attached hydrogens (primary N) is 1. The monoisotopic (exact) mass is 261 g/mol. The maximum Gasteiger partial charge on any atom is 0.271 e. The average molecular weight is 261 g/mol.